The molecule has 1 aromatic carbocycles. The van der Waals surface area contributed by atoms with Gasteiger partial charge in [0, 0.05) is 31.3 Å². The van der Waals surface area contributed by atoms with Crippen molar-refractivity contribution in [3.8, 4) is 10.4 Å². The number of aromatic nitrogens is 1. The summed E-state index contributed by atoms with van der Waals surface area (Å²) < 4.78 is 13.8. The number of rotatable bonds is 7. The number of allylic oxidation sites excluding steroid dienone is 4. The fourth-order valence-electron chi connectivity index (χ4n) is 4.19. The molecule has 4 nitrogen and oxygen atoms in total. The number of nitrogens with zero attached hydrogens (tertiary/aromatic N) is 3. The molecule has 164 valence electrons. The number of benzene rings is 1. The number of carbonyl (C=O) groups excluding carboxylic acids is 1. The van der Waals surface area contributed by atoms with Crippen LogP contribution >= 0.6 is 11.3 Å². The molecule has 1 saturated carbocycles. The van der Waals surface area contributed by atoms with Crippen molar-refractivity contribution in [1.29, 1.82) is 0 Å². The van der Waals surface area contributed by atoms with E-state index in [9.17, 15) is 9.18 Å². The lowest BCUT2D eigenvalue weighted by Crippen LogP contribution is -2.34. The van der Waals surface area contributed by atoms with E-state index in [0.717, 1.165) is 33.8 Å². The summed E-state index contributed by atoms with van der Waals surface area (Å²) in [6.07, 6.45) is 8.47. The molecule has 1 fully saturated rings. The number of fused-ring (bicyclic) bond motifs is 1. The van der Waals surface area contributed by atoms with Crippen LogP contribution in [0.15, 0.2) is 64.0 Å². The Bertz CT molecular complexity index is 1200. The standard InChI is InChI=1S/C26H26FN3OS/c1-16-3-6-19(11-17(16)2)25-24(29-15-32-25)26(31)30(14-18-4-5-18)10-9-20-13-28-23-8-7-21(27)12-22(20)23/h3,6-7,11-13,15,18H,4-5,8-10,14H2,1-2H3. The Hall–Kier alpha value is -2.86. The molecule has 2 aliphatic carbocycles. The van der Waals surface area contributed by atoms with Crippen LogP contribution in [0.1, 0.15) is 47.3 Å². The highest BCUT2D eigenvalue weighted by atomic mass is 32.1. The Morgan fingerprint density at radius 2 is 2.09 bits per heavy atom. The SMILES string of the molecule is Cc1ccc(-c2scnc2C(=O)N(CCC2=CN=C3CC=C(F)C=C23)CC2CC2)cc1C. The van der Waals surface area contributed by atoms with Crippen LogP contribution in [0.3, 0.4) is 0 Å². The maximum Gasteiger partial charge on any atom is 0.273 e. The molecule has 0 unspecified atom stereocenters. The van der Waals surface area contributed by atoms with Crippen LogP contribution in [0.4, 0.5) is 4.39 Å². The zero-order valence-corrected chi connectivity index (χ0v) is 19.2. The molecule has 6 heteroatoms. The van der Waals surface area contributed by atoms with Crippen molar-refractivity contribution in [2.75, 3.05) is 13.1 Å². The summed E-state index contributed by atoms with van der Waals surface area (Å²) >= 11 is 1.51. The average molecular weight is 448 g/mol. The Kier molecular flexibility index (Phi) is 5.64. The molecule has 0 saturated heterocycles. The first-order chi connectivity index (χ1) is 15.5. The Labute approximate surface area is 191 Å². The van der Waals surface area contributed by atoms with Crippen LogP contribution in [0.5, 0.6) is 0 Å². The first kappa shape index (κ1) is 21.0. The van der Waals surface area contributed by atoms with Crippen LogP contribution in [0, 0.1) is 19.8 Å². The Morgan fingerprint density at radius 3 is 2.88 bits per heavy atom. The maximum atomic E-state index is 13.8. The van der Waals surface area contributed by atoms with Crippen LogP contribution in [0.2, 0.25) is 0 Å². The van der Waals surface area contributed by atoms with Gasteiger partial charge < -0.3 is 4.90 Å². The lowest BCUT2D eigenvalue weighted by molar-refractivity contribution is 0.0745. The minimum Gasteiger partial charge on any atom is -0.337 e. The molecule has 2 heterocycles. The molecule has 0 atom stereocenters. The second-order valence-corrected chi connectivity index (χ2v) is 9.71. The van der Waals surface area contributed by atoms with Crippen LogP contribution in [0.25, 0.3) is 10.4 Å². The minimum atomic E-state index is -0.210. The van der Waals surface area contributed by atoms with Gasteiger partial charge in [0.15, 0.2) is 0 Å². The average Bonchev–Trinajstić information content (AvgIpc) is 3.31. The van der Waals surface area contributed by atoms with Gasteiger partial charge in [0.05, 0.1) is 16.1 Å². The number of halogens is 1. The van der Waals surface area contributed by atoms with E-state index in [0.29, 0.717) is 31.0 Å². The number of hydrogen-bond acceptors (Lipinski definition) is 4. The van der Waals surface area contributed by atoms with Gasteiger partial charge in [-0.1, -0.05) is 18.2 Å². The van der Waals surface area contributed by atoms with E-state index in [2.05, 4.69) is 42.0 Å². The van der Waals surface area contributed by atoms with Crippen molar-refractivity contribution < 1.29 is 9.18 Å². The van der Waals surface area contributed by atoms with Crippen molar-refractivity contribution in [2.45, 2.75) is 39.5 Å². The molecular weight excluding hydrogens is 421 g/mol. The molecule has 0 bridgehead atoms. The van der Waals surface area contributed by atoms with E-state index in [1.54, 1.807) is 17.7 Å². The van der Waals surface area contributed by atoms with Crippen molar-refractivity contribution >= 4 is 23.0 Å². The van der Waals surface area contributed by atoms with Gasteiger partial charge in [-0.2, -0.15) is 0 Å². The summed E-state index contributed by atoms with van der Waals surface area (Å²) in [6, 6.07) is 6.29. The van der Waals surface area contributed by atoms with Crippen molar-refractivity contribution in [2.24, 2.45) is 10.9 Å². The summed E-state index contributed by atoms with van der Waals surface area (Å²) in [5.41, 5.74) is 8.56. The zero-order valence-electron chi connectivity index (χ0n) is 18.4. The number of amides is 1. The third-order valence-corrected chi connectivity index (χ3v) is 7.33. The molecule has 3 aliphatic rings. The smallest absolute Gasteiger partial charge is 0.273 e. The lowest BCUT2D eigenvalue weighted by Gasteiger charge is -2.23. The molecule has 32 heavy (non-hydrogen) atoms. The third-order valence-electron chi connectivity index (χ3n) is 6.46. The Morgan fingerprint density at radius 1 is 1.25 bits per heavy atom. The minimum absolute atomic E-state index is 0.0187. The monoisotopic (exact) mass is 447 g/mol. The molecule has 5 rings (SSSR count). The van der Waals surface area contributed by atoms with Crippen molar-refractivity contribution in [3.05, 3.63) is 75.9 Å². The number of carbonyl (C=O) groups is 1. The predicted molar refractivity (Wildman–Crippen MR) is 128 cm³/mol. The van der Waals surface area contributed by atoms with Gasteiger partial charge >= 0.3 is 0 Å². The summed E-state index contributed by atoms with van der Waals surface area (Å²) in [5.74, 6) is 0.342. The lowest BCUT2D eigenvalue weighted by atomic mass is 9.95. The highest BCUT2D eigenvalue weighted by Crippen LogP contribution is 2.34. The second-order valence-electron chi connectivity index (χ2n) is 8.85. The maximum absolute atomic E-state index is 13.8. The molecule has 0 N–H and O–H groups in total. The van der Waals surface area contributed by atoms with E-state index in [4.69, 9.17) is 0 Å². The van der Waals surface area contributed by atoms with E-state index in [1.165, 1.54) is 35.3 Å². The van der Waals surface area contributed by atoms with Crippen LogP contribution in [-0.4, -0.2) is 34.6 Å². The molecule has 1 aliphatic heterocycles. The van der Waals surface area contributed by atoms with Gasteiger partial charge in [0.2, 0.25) is 0 Å². The van der Waals surface area contributed by atoms with E-state index < -0.39 is 0 Å². The van der Waals surface area contributed by atoms with Gasteiger partial charge in [0.25, 0.3) is 5.91 Å². The fraction of sp³-hybridized carbons (Fsp3) is 0.346. The van der Waals surface area contributed by atoms with Crippen molar-refractivity contribution in [1.82, 2.24) is 9.88 Å². The number of aryl methyl sites for hydroxylation is 2. The number of hydrogen-bond donors (Lipinski definition) is 0. The normalized spacial score (nSPS) is 17.3. The summed E-state index contributed by atoms with van der Waals surface area (Å²) in [7, 11) is 0. The summed E-state index contributed by atoms with van der Waals surface area (Å²) in [5, 5.41) is 0. The summed E-state index contributed by atoms with van der Waals surface area (Å²) in [4.78, 5) is 25.4. The predicted octanol–water partition coefficient (Wildman–Crippen LogP) is 6.19. The highest BCUT2D eigenvalue weighted by molar-refractivity contribution is 7.13. The molecule has 0 radical (unpaired) electrons. The topological polar surface area (TPSA) is 45.6 Å². The van der Waals surface area contributed by atoms with E-state index in [-0.39, 0.29) is 11.7 Å². The third kappa shape index (κ3) is 4.24. The first-order valence-corrected chi connectivity index (χ1v) is 12.0. The zero-order chi connectivity index (χ0) is 22.2. The second kappa shape index (κ2) is 8.58. The van der Waals surface area contributed by atoms with Gasteiger partial charge in [-0.3, -0.25) is 9.79 Å². The number of aliphatic imine (C=N–C) groups is 1. The van der Waals surface area contributed by atoms with Crippen molar-refractivity contribution in [3.63, 3.8) is 0 Å². The largest absolute Gasteiger partial charge is 0.337 e. The highest BCUT2D eigenvalue weighted by Gasteiger charge is 2.30. The molecule has 0 spiro atoms. The fourth-order valence-corrected chi connectivity index (χ4v) is 4.97. The van der Waals surface area contributed by atoms with E-state index in [1.807, 2.05) is 11.1 Å². The van der Waals surface area contributed by atoms with Gasteiger partial charge in [-0.15, -0.1) is 11.3 Å². The molecule has 2 aromatic rings. The number of thiazole rings is 1. The first-order valence-electron chi connectivity index (χ1n) is 11.1. The van der Waals surface area contributed by atoms with Gasteiger partial charge in [-0.25, -0.2) is 9.37 Å². The van der Waals surface area contributed by atoms with Crippen LogP contribution < -0.4 is 0 Å². The van der Waals surface area contributed by atoms with Gasteiger partial charge in [-0.05, 0) is 73.4 Å². The Balaban J connectivity index is 1.35. The molecular formula is C26H26FN3OS. The van der Waals surface area contributed by atoms with E-state index >= 15 is 0 Å². The molecule has 1 amide bonds. The van der Waals surface area contributed by atoms with Crippen LogP contribution in [-0.2, 0) is 0 Å². The summed E-state index contributed by atoms with van der Waals surface area (Å²) in [6.45, 7) is 5.50. The molecule has 1 aromatic heterocycles. The van der Waals surface area contributed by atoms with Gasteiger partial charge in [0.1, 0.15) is 11.5 Å². The quantitative estimate of drug-likeness (QED) is 0.508.